The monoisotopic (exact) mass is 116 g/mol. The van der Waals surface area contributed by atoms with Crippen molar-refractivity contribution in [3.63, 3.8) is 0 Å². The van der Waals surface area contributed by atoms with Gasteiger partial charge in [0.15, 0.2) is 5.34 Å². The van der Waals surface area contributed by atoms with Crippen LogP contribution in [0.15, 0.2) is 5.34 Å². The molecule has 0 bridgehead atoms. The quantitative estimate of drug-likeness (QED) is 0.270. The molecule has 4 heteroatoms. The first kappa shape index (κ1) is 8.97. The second-order valence-electron chi connectivity index (χ2n) is 0.0816. The van der Waals surface area contributed by atoms with Crippen LogP contribution in [0.5, 0.6) is 0 Å². The molecule has 0 rings (SSSR count). The van der Waals surface area contributed by atoms with Gasteiger partial charge >= 0.3 is 0 Å². The topological polar surface area (TPSA) is 49.7 Å². The van der Waals surface area contributed by atoms with Gasteiger partial charge < -0.3 is 5.21 Å². The van der Waals surface area contributed by atoms with E-state index in [9.17, 15) is 0 Å². The van der Waals surface area contributed by atoms with Gasteiger partial charge in [0.2, 0.25) is 0 Å². The molecule has 0 heterocycles. The zero-order chi connectivity index (χ0) is 2.71. The molecule has 3 radical (unpaired) electrons. The fourth-order valence-corrected chi connectivity index (χ4v) is 0. The molecule has 0 aromatic carbocycles. The van der Waals surface area contributed by atoms with E-state index in [4.69, 9.17) is 10.1 Å². The van der Waals surface area contributed by atoms with Gasteiger partial charge in [-0.2, -0.15) is 0 Å². The summed E-state index contributed by atoms with van der Waals surface area (Å²) in [5.74, 6) is 0. The minimum absolute atomic E-state index is 0. The number of hydrogen-bond acceptors (Lipinski definition) is 2. The van der Waals surface area contributed by atoms with E-state index in [0.29, 0.717) is 0 Å². The van der Waals surface area contributed by atoms with Crippen molar-refractivity contribution in [3.8, 4) is 0 Å². The van der Waals surface area contributed by atoms with Gasteiger partial charge in [-0.25, -0.2) is 0 Å². The summed E-state index contributed by atoms with van der Waals surface area (Å²) >= 11 is 0. The molecule has 0 aromatic rings. The third-order valence-electron chi connectivity index (χ3n) is 0. The Balaban J connectivity index is 0. The maximum absolute atomic E-state index is 8.11. The van der Waals surface area contributed by atoms with Crippen LogP contribution >= 0.6 is 0 Å². The summed E-state index contributed by atoms with van der Waals surface area (Å²) < 4.78 is 0. The van der Waals surface area contributed by atoms with Crippen LogP contribution in [-0.4, -0.2) is 25.0 Å². The largest absolute Gasteiger partial charge is 0.379 e. The Morgan fingerprint density at radius 2 is 1.75 bits per heavy atom. The average molecular weight is 117 g/mol. The normalized spacial score (nSPS) is 3.00. The van der Waals surface area contributed by atoms with E-state index in [1.807, 2.05) is 0 Å². The fourth-order valence-electron chi connectivity index (χ4n) is 0. The molecule has 0 aliphatic rings. The minimum atomic E-state index is 0. The molecule has 0 aromatic heterocycles. The number of rotatable bonds is 0. The van der Waals surface area contributed by atoms with Gasteiger partial charge in [-0.3, -0.25) is 0 Å². The van der Waals surface area contributed by atoms with Crippen LogP contribution < -0.4 is 0 Å². The van der Waals surface area contributed by atoms with E-state index in [1.165, 1.54) is 5.34 Å². The summed E-state index contributed by atoms with van der Waals surface area (Å²) in [5, 5.41) is 7.89. The molecule has 3 nitrogen and oxygen atoms in total. The van der Waals surface area contributed by atoms with Crippen LogP contribution in [0.1, 0.15) is 0 Å². The molecule has 0 saturated heterocycles. The Morgan fingerprint density at radius 1 is 1.75 bits per heavy atom. The van der Waals surface area contributed by atoms with Crippen molar-refractivity contribution in [1.29, 1.82) is 0 Å². The summed E-state index contributed by atoms with van der Waals surface area (Å²) in [6, 6.07) is 0. The van der Waals surface area contributed by atoms with Gasteiger partial charge in [-0.1, -0.05) is 0 Å². The Morgan fingerprint density at radius 3 is 1.75 bits per heavy atom. The van der Waals surface area contributed by atoms with Crippen molar-refractivity contribution in [2.75, 3.05) is 0 Å². The van der Waals surface area contributed by atoms with E-state index < -0.39 is 0 Å². The van der Waals surface area contributed by atoms with Gasteiger partial charge in [0.05, 0.1) is 0 Å². The minimum Gasteiger partial charge on any atom is -0.379 e. The second kappa shape index (κ2) is 11.7. The third kappa shape index (κ3) is 1650. The Labute approximate surface area is 36.0 Å². The number of hydrogen-bond donors (Lipinski definition) is 1. The maximum atomic E-state index is 8.11. The van der Waals surface area contributed by atoms with E-state index in [2.05, 4.69) is 0 Å². The first-order valence-electron chi connectivity index (χ1n) is 0.383. The first-order chi connectivity index (χ1) is 1.41. The van der Waals surface area contributed by atoms with Crippen LogP contribution in [0.3, 0.4) is 0 Å². The van der Waals surface area contributed by atoms with Gasteiger partial charge in [0.1, 0.15) is 0 Å². The van der Waals surface area contributed by atoms with Crippen molar-refractivity contribution in [3.05, 3.63) is 4.91 Å². The zero-order valence-corrected chi connectivity index (χ0v) is 4.30. The molecule has 0 fully saturated rings. The standard InChI is InChI=1S/Ga.HNO2/c;2-1-3/h;(H,2,3). The van der Waals surface area contributed by atoms with Crippen LogP contribution in [0, 0.1) is 4.91 Å². The third-order valence-corrected chi connectivity index (χ3v) is 0. The summed E-state index contributed by atoms with van der Waals surface area (Å²) in [4.78, 5) is 8.11. The molecule has 0 aliphatic carbocycles. The predicted molar refractivity (Wildman–Crippen MR) is 13.3 cm³/mol. The molecule has 4 heavy (non-hydrogen) atoms. The molecule has 0 saturated carbocycles. The second-order valence-corrected chi connectivity index (χ2v) is 0.0816. The van der Waals surface area contributed by atoms with Crippen molar-refractivity contribution >= 4 is 19.8 Å². The Bertz CT molecular complexity index is 13.5. The molecule has 21 valence electrons. The summed E-state index contributed by atoms with van der Waals surface area (Å²) in [5.41, 5.74) is 0. The summed E-state index contributed by atoms with van der Waals surface area (Å²) in [6.45, 7) is 0. The fraction of sp³-hybridized carbons (Fsp3) is 0. The molecule has 0 unspecified atom stereocenters. The maximum Gasteiger partial charge on any atom is 0.152 e. The van der Waals surface area contributed by atoms with Crippen LogP contribution in [-0.2, 0) is 0 Å². The SMILES string of the molecule is O=NO.[Ga]. The molecule has 0 spiro atoms. The van der Waals surface area contributed by atoms with Gasteiger partial charge in [0.25, 0.3) is 0 Å². The van der Waals surface area contributed by atoms with Crippen LogP contribution in [0.2, 0.25) is 0 Å². The van der Waals surface area contributed by atoms with Crippen LogP contribution in [0.25, 0.3) is 0 Å². The van der Waals surface area contributed by atoms with Gasteiger partial charge in [-0.15, -0.1) is 4.91 Å². The van der Waals surface area contributed by atoms with Crippen LogP contribution in [0.4, 0.5) is 0 Å². The van der Waals surface area contributed by atoms with E-state index in [0.717, 1.165) is 0 Å². The zero-order valence-electron chi connectivity index (χ0n) is 1.88. The molecule has 0 aliphatic heterocycles. The Kier molecular flexibility index (Phi) is 26.3. The van der Waals surface area contributed by atoms with Crippen molar-refractivity contribution < 1.29 is 5.21 Å². The molecule has 0 atom stereocenters. The smallest absolute Gasteiger partial charge is 0.152 e. The summed E-state index contributed by atoms with van der Waals surface area (Å²) in [6.07, 6.45) is 0. The van der Waals surface area contributed by atoms with Crippen molar-refractivity contribution in [2.45, 2.75) is 0 Å². The van der Waals surface area contributed by atoms with Crippen molar-refractivity contribution in [2.24, 2.45) is 5.34 Å². The van der Waals surface area contributed by atoms with Crippen molar-refractivity contribution in [1.82, 2.24) is 0 Å². The first-order valence-corrected chi connectivity index (χ1v) is 0.383. The van der Waals surface area contributed by atoms with E-state index in [1.54, 1.807) is 0 Å². The molecular formula is HGaNO2. The van der Waals surface area contributed by atoms with E-state index in [-0.39, 0.29) is 19.8 Å². The van der Waals surface area contributed by atoms with E-state index >= 15 is 0 Å². The van der Waals surface area contributed by atoms with Gasteiger partial charge in [0, 0.05) is 19.8 Å². The number of nitrogens with zero attached hydrogens (tertiary/aromatic N) is 1. The molecule has 1 N–H and O–H groups in total. The average Bonchev–Trinajstić information content (AvgIpc) is 0.918. The molecule has 0 amide bonds. The Hall–Kier alpha value is 0.0364. The predicted octanol–water partition coefficient (Wildman–Crippen LogP) is -0.239. The molecular weight excluding hydrogens is 116 g/mol. The van der Waals surface area contributed by atoms with Gasteiger partial charge in [-0.05, 0) is 0 Å². The summed E-state index contributed by atoms with van der Waals surface area (Å²) in [7, 11) is 0.